The number of thiazole rings is 1. The zero-order valence-electron chi connectivity index (χ0n) is 17.2. The molecule has 0 unspecified atom stereocenters. The Morgan fingerprint density at radius 2 is 2.00 bits per heavy atom. The Balaban J connectivity index is 1.46. The van der Waals surface area contributed by atoms with E-state index in [-0.39, 0.29) is 20.5 Å². The molecule has 1 amide bonds. The minimum Gasteiger partial charge on any atom is -0.354 e. The molecule has 0 bridgehead atoms. The highest BCUT2D eigenvalue weighted by atomic mass is 35.5. The Bertz CT molecular complexity index is 1120. The van der Waals surface area contributed by atoms with Crippen molar-refractivity contribution in [3.63, 3.8) is 0 Å². The van der Waals surface area contributed by atoms with Crippen LogP contribution in [0.1, 0.15) is 27.5 Å². The third-order valence-electron chi connectivity index (χ3n) is 4.86. The van der Waals surface area contributed by atoms with Gasteiger partial charge in [0.05, 0.1) is 17.4 Å². The number of rotatable bonds is 6. The van der Waals surface area contributed by atoms with E-state index in [1.165, 1.54) is 11.6 Å². The van der Waals surface area contributed by atoms with Crippen molar-refractivity contribution in [1.29, 1.82) is 0 Å². The average Bonchev–Trinajstić information content (AvgIpc) is 3.35. The molecule has 2 N–H and O–H groups in total. The first-order valence-corrected chi connectivity index (χ1v) is 11.8. The predicted molar refractivity (Wildman–Crippen MR) is 124 cm³/mol. The summed E-state index contributed by atoms with van der Waals surface area (Å²) in [6.45, 7) is 5.48. The fourth-order valence-electron chi connectivity index (χ4n) is 3.16. The number of nitrogens with one attached hydrogen (secondary N) is 2. The molecule has 8 nitrogen and oxygen atoms in total. The van der Waals surface area contributed by atoms with Crippen LogP contribution in [-0.4, -0.2) is 59.0 Å². The summed E-state index contributed by atoms with van der Waals surface area (Å²) in [6, 6.07) is 1.85. The average molecular weight is 500 g/mol. The first kappa shape index (κ1) is 22.8. The molecular weight excluding hydrogens is 480 g/mol. The molecule has 4 rings (SSSR count). The molecule has 32 heavy (non-hydrogen) atoms. The second kappa shape index (κ2) is 9.61. The van der Waals surface area contributed by atoms with E-state index in [0.29, 0.717) is 16.8 Å². The molecule has 3 aromatic rings. The van der Waals surface area contributed by atoms with E-state index in [4.69, 9.17) is 11.6 Å². The molecule has 0 spiro atoms. The number of hydrogen-bond donors (Lipinski definition) is 2. The van der Waals surface area contributed by atoms with Crippen molar-refractivity contribution < 1.29 is 13.6 Å². The van der Waals surface area contributed by atoms with E-state index in [1.54, 1.807) is 0 Å². The van der Waals surface area contributed by atoms with Crippen molar-refractivity contribution in [3.05, 3.63) is 38.2 Å². The maximum absolute atomic E-state index is 13.1. The molecule has 13 heteroatoms. The third kappa shape index (κ3) is 5.14. The Morgan fingerprint density at radius 1 is 1.25 bits per heavy atom. The van der Waals surface area contributed by atoms with E-state index < -0.39 is 12.3 Å². The molecule has 0 radical (unpaired) electrons. The van der Waals surface area contributed by atoms with E-state index in [9.17, 15) is 13.6 Å². The van der Waals surface area contributed by atoms with Gasteiger partial charge in [-0.2, -0.15) is 0 Å². The van der Waals surface area contributed by atoms with Gasteiger partial charge >= 0.3 is 0 Å². The van der Waals surface area contributed by atoms with Crippen LogP contribution in [0.25, 0.3) is 0 Å². The van der Waals surface area contributed by atoms with Crippen LogP contribution in [0.4, 0.5) is 31.2 Å². The van der Waals surface area contributed by atoms with Crippen LogP contribution in [0.15, 0.2) is 17.6 Å². The van der Waals surface area contributed by atoms with Gasteiger partial charge < -0.3 is 20.4 Å². The fraction of sp³-hybridized carbons (Fsp3) is 0.368. The molecule has 0 aromatic carbocycles. The Labute approximate surface area is 196 Å². The minimum absolute atomic E-state index is 0.0668. The summed E-state index contributed by atoms with van der Waals surface area (Å²) in [5.74, 6) is 1.45. The van der Waals surface area contributed by atoms with Crippen LogP contribution in [0, 0.1) is 6.92 Å². The van der Waals surface area contributed by atoms with Gasteiger partial charge in [0.2, 0.25) is 0 Å². The Hall–Kier alpha value is -2.41. The SMILES string of the molecule is Cc1nc(Nc2ncc(C(=O)Nc3c(C(F)F)csc3Cl)s2)cc(N2CCN(C)CC2)n1. The van der Waals surface area contributed by atoms with Crippen LogP contribution >= 0.6 is 34.3 Å². The Morgan fingerprint density at radius 3 is 2.72 bits per heavy atom. The predicted octanol–water partition coefficient (Wildman–Crippen LogP) is 4.64. The van der Waals surface area contributed by atoms with Gasteiger partial charge in [-0.05, 0) is 14.0 Å². The van der Waals surface area contributed by atoms with Crippen molar-refractivity contribution in [2.24, 2.45) is 0 Å². The highest BCUT2D eigenvalue weighted by molar-refractivity contribution is 7.17. The summed E-state index contributed by atoms with van der Waals surface area (Å²) in [6.07, 6.45) is -1.36. The Kier molecular flexibility index (Phi) is 6.84. The minimum atomic E-state index is -2.73. The number of aryl methyl sites for hydroxylation is 1. The summed E-state index contributed by atoms with van der Waals surface area (Å²) in [7, 11) is 2.09. The number of alkyl halides is 2. The van der Waals surface area contributed by atoms with Crippen molar-refractivity contribution in [3.8, 4) is 0 Å². The summed E-state index contributed by atoms with van der Waals surface area (Å²) >= 11 is 7.99. The van der Waals surface area contributed by atoms with Gasteiger partial charge in [-0.25, -0.2) is 23.7 Å². The molecule has 170 valence electrons. The van der Waals surface area contributed by atoms with Crippen LogP contribution in [0.5, 0.6) is 0 Å². The van der Waals surface area contributed by atoms with Crippen LogP contribution in [0.3, 0.4) is 0 Å². The number of anilines is 4. The molecule has 1 aliphatic rings. The topological polar surface area (TPSA) is 86.3 Å². The number of carbonyl (C=O) groups excluding carboxylic acids is 1. The maximum Gasteiger partial charge on any atom is 0.267 e. The van der Waals surface area contributed by atoms with Crippen molar-refractivity contribution in [1.82, 2.24) is 19.9 Å². The molecular formula is C19H20ClF2N7OS2. The number of piperazine rings is 1. The summed E-state index contributed by atoms with van der Waals surface area (Å²) < 4.78 is 26.3. The first-order valence-electron chi connectivity index (χ1n) is 9.68. The standard InChI is InChI=1S/C19H20ClF2N7OS2/c1-10-24-13(7-14(25-10)29-5-3-28(2)4-6-29)26-19-23-8-12(32-19)18(30)27-15-11(17(21)22)9-31-16(15)20/h7-9,17H,3-6H2,1-2H3,(H,27,30)(H,23,24,25,26). The first-order chi connectivity index (χ1) is 15.3. The summed E-state index contributed by atoms with van der Waals surface area (Å²) in [4.78, 5) is 30.4. The van der Waals surface area contributed by atoms with Gasteiger partial charge in [-0.15, -0.1) is 11.3 Å². The second-order valence-electron chi connectivity index (χ2n) is 7.20. The normalized spacial score (nSPS) is 14.8. The number of thiophene rings is 1. The van der Waals surface area contributed by atoms with Crippen LogP contribution in [0.2, 0.25) is 4.34 Å². The molecule has 4 heterocycles. The number of aromatic nitrogens is 3. The number of halogens is 3. The number of carbonyl (C=O) groups is 1. The molecule has 1 saturated heterocycles. The highest BCUT2D eigenvalue weighted by Gasteiger charge is 2.22. The van der Waals surface area contributed by atoms with Gasteiger partial charge in [-0.1, -0.05) is 22.9 Å². The van der Waals surface area contributed by atoms with Gasteiger partial charge in [0.15, 0.2) is 5.13 Å². The monoisotopic (exact) mass is 499 g/mol. The second-order valence-corrected chi connectivity index (χ2v) is 9.71. The quantitative estimate of drug-likeness (QED) is 0.511. The largest absolute Gasteiger partial charge is 0.354 e. The lowest BCUT2D eigenvalue weighted by Crippen LogP contribution is -2.44. The molecule has 0 saturated carbocycles. The lowest BCUT2D eigenvalue weighted by molar-refractivity contribution is 0.102. The van der Waals surface area contributed by atoms with E-state index in [2.05, 4.69) is 42.4 Å². The van der Waals surface area contributed by atoms with Gasteiger partial charge in [0, 0.05) is 37.6 Å². The summed E-state index contributed by atoms with van der Waals surface area (Å²) in [5, 5.41) is 7.25. The molecule has 1 aliphatic heterocycles. The number of nitrogens with zero attached hydrogens (tertiary/aromatic N) is 5. The fourth-order valence-corrected chi connectivity index (χ4v) is 4.91. The number of hydrogen-bond acceptors (Lipinski definition) is 9. The smallest absolute Gasteiger partial charge is 0.267 e. The van der Waals surface area contributed by atoms with Crippen LogP contribution < -0.4 is 15.5 Å². The van der Waals surface area contributed by atoms with Crippen LogP contribution in [-0.2, 0) is 0 Å². The van der Waals surface area contributed by atoms with Gasteiger partial charge in [0.25, 0.3) is 12.3 Å². The van der Waals surface area contributed by atoms with E-state index in [1.807, 2.05) is 13.0 Å². The highest BCUT2D eigenvalue weighted by Crippen LogP contribution is 2.39. The number of likely N-dealkylation sites (N-methyl/N-ethyl adjacent to an activating group) is 1. The lowest BCUT2D eigenvalue weighted by Gasteiger charge is -2.33. The van der Waals surface area contributed by atoms with Crippen molar-refractivity contribution in [2.75, 3.05) is 48.8 Å². The van der Waals surface area contributed by atoms with E-state index >= 15 is 0 Å². The van der Waals surface area contributed by atoms with E-state index in [0.717, 1.165) is 54.7 Å². The molecule has 0 atom stereocenters. The molecule has 0 aliphatic carbocycles. The zero-order chi connectivity index (χ0) is 22.8. The third-order valence-corrected chi connectivity index (χ3v) is 7.02. The van der Waals surface area contributed by atoms with Crippen molar-refractivity contribution in [2.45, 2.75) is 13.3 Å². The lowest BCUT2D eigenvalue weighted by atomic mass is 10.3. The molecule has 3 aromatic heterocycles. The van der Waals surface area contributed by atoms with Gasteiger partial charge in [-0.3, -0.25) is 4.79 Å². The summed E-state index contributed by atoms with van der Waals surface area (Å²) in [5.41, 5.74) is -0.369. The zero-order valence-corrected chi connectivity index (χ0v) is 19.6. The van der Waals surface area contributed by atoms with Crippen molar-refractivity contribution >= 4 is 62.6 Å². The molecule has 1 fully saturated rings. The number of amides is 1. The maximum atomic E-state index is 13.1. The van der Waals surface area contributed by atoms with Gasteiger partial charge in [0.1, 0.15) is 26.7 Å².